The van der Waals surface area contributed by atoms with Crippen molar-refractivity contribution in [3.8, 4) is 0 Å². The number of nitrogens with zero attached hydrogens (tertiary/aromatic N) is 4. The number of ether oxygens (including phenoxy) is 1. The first-order valence-electron chi connectivity index (χ1n) is 12.0. The predicted molar refractivity (Wildman–Crippen MR) is 132 cm³/mol. The minimum Gasteiger partial charge on any atom is -0.505 e. The van der Waals surface area contributed by atoms with Crippen molar-refractivity contribution in [3.63, 3.8) is 0 Å². The van der Waals surface area contributed by atoms with Crippen LogP contribution in [0.1, 0.15) is 35.0 Å². The van der Waals surface area contributed by atoms with Gasteiger partial charge in [-0.1, -0.05) is 35.9 Å². The number of aliphatic hydroxyl groups excluding tert-OH is 1. The molecule has 2 aliphatic heterocycles. The predicted octanol–water partition coefficient (Wildman–Crippen LogP) is 3.10. The van der Waals surface area contributed by atoms with Crippen LogP contribution in [0.2, 0.25) is 0 Å². The lowest BCUT2D eigenvalue weighted by Gasteiger charge is -2.29. The van der Waals surface area contributed by atoms with Crippen LogP contribution >= 0.6 is 0 Å². The second kappa shape index (κ2) is 9.64. The number of benzene rings is 1. The van der Waals surface area contributed by atoms with Crippen LogP contribution in [0.25, 0.3) is 11.4 Å². The van der Waals surface area contributed by atoms with Gasteiger partial charge in [0.15, 0.2) is 5.76 Å². The maximum atomic E-state index is 13.3. The minimum absolute atomic E-state index is 0.110. The Labute approximate surface area is 204 Å². The lowest BCUT2D eigenvalue weighted by Crippen LogP contribution is -2.38. The molecule has 0 saturated carbocycles. The molecule has 4 heterocycles. The van der Waals surface area contributed by atoms with E-state index in [9.17, 15) is 14.7 Å². The van der Waals surface area contributed by atoms with E-state index in [1.165, 1.54) is 0 Å². The van der Waals surface area contributed by atoms with Crippen LogP contribution < -0.4 is 0 Å². The first kappa shape index (κ1) is 23.3. The molecule has 0 aliphatic carbocycles. The number of likely N-dealkylation sites (tertiary alicyclic amines) is 1. The maximum Gasteiger partial charge on any atom is 0.295 e. The summed E-state index contributed by atoms with van der Waals surface area (Å²) in [6, 6.07) is 12.7. The Balaban J connectivity index is 1.54. The van der Waals surface area contributed by atoms with Gasteiger partial charge in [-0.25, -0.2) is 4.98 Å². The normalized spacial score (nSPS) is 20.7. The third-order valence-electron chi connectivity index (χ3n) is 6.84. The van der Waals surface area contributed by atoms with Gasteiger partial charge in [0.25, 0.3) is 11.7 Å². The van der Waals surface area contributed by atoms with E-state index in [1.807, 2.05) is 49.4 Å². The summed E-state index contributed by atoms with van der Waals surface area (Å²) in [7, 11) is 0. The van der Waals surface area contributed by atoms with Gasteiger partial charge in [0, 0.05) is 32.4 Å². The summed E-state index contributed by atoms with van der Waals surface area (Å²) in [5.41, 5.74) is 3.68. The standard InChI is InChI=1S/C27H30N4O4/c1-18-7-9-20(10-8-18)24-22(25(32)23-19(2)28-21-6-3-4-12-30(21)23)26(33)27(34)31(24)13-5-11-29-14-16-35-17-15-29/h3-4,6-10,12,24,32H,5,11,13-17H2,1-2H3/t24-/m0/s1. The Hall–Kier alpha value is -3.49. The Morgan fingerprint density at radius 1 is 1.06 bits per heavy atom. The van der Waals surface area contributed by atoms with Crippen molar-refractivity contribution in [1.29, 1.82) is 0 Å². The van der Waals surface area contributed by atoms with E-state index in [2.05, 4.69) is 9.88 Å². The molecular weight excluding hydrogens is 444 g/mol. The van der Waals surface area contributed by atoms with Crippen molar-refractivity contribution in [2.75, 3.05) is 39.4 Å². The fraction of sp³-hybridized carbons (Fsp3) is 0.370. The Kier molecular flexibility index (Phi) is 6.40. The zero-order valence-corrected chi connectivity index (χ0v) is 20.1. The second-order valence-electron chi connectivity index (χ2n) is 9.19. The minimum atomic E-state index is -0.662. The lowest BCUT2D eigenvalue weighted by atomic mass is 9.95. The molecule has 3 aromatic rings. The molecule has 2 saturated heterocycles. The smallest absolute Gasteiger partial charge is 0.295 e. The van der Waals surface area contributed by atoms with E-state index in [1.54, 1.807) is 22.4 Å². The van der Waals surface area contributed by atoms with Crippen molar-refractivity contribution < 1.29 is 19.4 Å². The number of imidazole rings is 1. The second-order valence-corrected chi connectivity index (χ2v) is 9.19. The van der Waals surface area contributed by atoms with Crippen LogP contribution in [0.4, 0.5) is 0 Å². The molecule has 8 nitrogen and oxygen atoms in total. The van der Waals surface area contributed by atoms with Crippen LogP contribution in [0, 0.1) is 13.8 Å². The maximum absolute atomic E-state index is 13.3. The van der Waals surface area contributed by atoms with Crippen molar-refractivity contribution in [2.24, 2.45) is 0 Å². The molecule has 0 spiro atoms. The third kappa shape index (κ3) is 4.35. The summed E-state index contributed by atoms with van der Waals surface area (Å²) in [4.78, 5) is 35.0. The highest BCUT2D eigenvalue weighted by molar-refractivity contribution is 6.46. The van der Waals surface area contributed by atoms with Crippen LogP contribution in [0.3, 0.4) is 0 Å². The van der Waals surface area contributed by atoms with Gasteiger partial charge in [0.05, 0.1) is 30.5 Å². The fourth-order valence-electron chi connectivity index (χ4n) is 5.02. The highest BCUT2D eigenvalue weighted by Gasteiger charge is 2.46. The molecule has 2 fully saturated rings. The molecule has 0 bridgehead atoms. The number of aromatic nitrogens is 2. The van der Waals surface area contributed by atoms with Gasteiger partial charge in [0.2, 0.25) is 0 Å². The summed E-state index contributed by atoms with van der Waals surface area (Å²) in [5.74, 6) is -1.43. The van der Waals surface area contributed by atoms with E-state index in [0.29, 0.717) is 36.8 Å². The number of carbonyl (C=O) groups excluding carboxylic acids is 2. The highest BCUT2D eigenvalue weighted by atomic mass is 16.5. The molecule has 8 heteroatoms. The summed E-state index contributed by atoms with van der Waals surface area (Å²) < 4.78 is 7.17. The van der Waals surface area contributed by atoms with E-state index in [0.717, 1.165) is 37.2 Å². The van der Waals surface area contributed by atoms with Gasteiger partial charge >= 0.3 is 0 Å². The molecule has 0 unspecified atom stereocenters. The highest BCUT2D eigenvalue weighted by Crippen LogP contribution is 2.40. The van der Waals surface area contributed by atoms with Gasteiger partial charge in [-0.05, 0) is 38.0 Å². The molecule has 1 amide bonds. The van der Waals surface area contributed by atoms with Gasteiger partial charge in [-0.2, -0.15) is 0 Å². The molecule has 35 heavy (non-hydrogen) atoms. The van der Waals surface area contributed by atoms with Crippen LogP contribution in [-0.2, 0) is 14.3 Å². The molecule has 1 atom stereocenters. The zero-order valence-electron chi connectivity index (χ0n) is 20.1. The van der Waals surface area contributed by atoms with E-state index in [-0.39, 0.29) is 11.3 Å². The Bertz CT molecular complexity index is 1290. The number of aryl methyl sites for hydroxylation is 2. The molecule has 182 valence electrons. The number of fused-ring (bicyclic) bond motifs is 1. The molecule has 5 rings (SSSR count). The fourth-order valence-corrected chi connectivity index (χ4v) is 5.02. The van der Waals surface area contributed by atoms with E-state index >= 15 is 0 Å². The number of Topliss-reactive ketones (excluding diaryl/α,β-unsaturated/α-hetero) is 1. The molecule has 0 radical (unpaired) electrons. The number of amides is 1. The number of carbonyl (C=O) groups is 2. The van der Waals surface area contributed by atoms with E-state index < -0.39 is 17.7 Å². The Morgan fingerprint density at radius 3 is 2.54 bits per heavy atom. The van der Waals surface area contributed by atoms with Crippen LogP contribution in [0.15, 0.2) is 54.2 Å². The van der Waals surface area contributed by atoms with Crippen molar-refractivity contribution in [2.45, 2.75) is 26.3 Å². The number of hydrogen-bond donors (Lipinski definition) is 1. The zero-order chi connectivity index (χ0) is 24.5. The first-order chi connectivity index (χ1) is 17.0. The Morgan fingerprint density at radius 2 is 1.80 bits per heavy atom. The van der Waals surface area contributed by atoms with Crippen molar-refractivity contribution in [1.82, 2.24) is 19.2 Å². The molecule has 2 aromatic heterocycles. The number of hydrogen-bond acceptors (Lipinski definition) is 6. The number of morpholine rings is 1. The number of aliphatic hydroxyl groups is 1. The van der Waals surface area contributed by atoms with E-state index in [4.69, 9.17) is 4.74 Å². The van der Waals surface area contributed by atoms with Gasteiger partial charge < -0.3 is 14.7 Å². The monoisotopic (exact) mass is 474 g/mol. The lowest BCUT2D eigenvalue weighted by molar-refractivity contribution is -0.140. The summed E-state index contributed by atoms with van der Waals surface area (Å²) in [5, 5.41) is 11.5. The largest absolute Gasteiger partial charge is 0.505 e. The average Bonchev–Trinajstić information content (AvgIpc) is 3.33. The van der Waals surface area contributed by atoms with Crippen molar-refractivity contribution in [3.05, 3.63) is 76.7 Å². The summed E-state index contributed by atoms with van der Waals surface area (Å²) in [6.07, 6.45) is 2.52. The number of rotatable bonds is 6. The first-order valence-corrected chi connectivity index (χ1v) is 12.0. The van der Waals surface area contributed by atoms with Gasteiger partial charge in [0.1, 0.15) is 11.3 Å². The summed E-state index contributed by atoms with van der Waals surface area (Å²) in [6.45, 7) is 8.19. The third-order valence-corrected chi connectivity index (χ3v) is 6.84. The van der Waals surface area contributed by atoms with Gasteiger partial charge in [-0.3, -0.25) is 18.9 Å². The summed E-state index contributed by atoms with van der Waals surface area (Å²) >= 11 is 0. The van der Waals surface area contributed by atoms with Crippen molar-refractivity contribution >= 4 is 23.1 Å². The molecule has 1 aromatic carbocycles. The average molecular weight is 475 g/mol. The van der Waals surface area contributed by atoms with Gasteiger partial charge in [-0.15, -0.1) is 0 Å². The molecule has 2 aliphatic rings. The SMILES string of the molecule is Cc1ccc([C@H]2C(=C(O)c3c(C)nc4ccccn34)C(=O)C(=O)N2CCCN2CCOCC2)cc1. The molecular formula is C27H30N4O4. The quantitative estimate of drug-likeness (QED) is 0.336. The van der Waals surface area contributed by atoms with Crippen LogP contribution in [0.5, 0.6) is 0 Å². The number of pyridine rings is 1. The topological polar surface area (TPSA) is 87.4 Å². The van der Waals surface area contributed by atoms with Crippen LogP contribution in [-0.4, -0.2) is 75.4 Å². The molecule has 1 N–H and O–H groups in total. The number of ketones is 1.